The number of aryl methyl sites for hydroxylation is 1. The fourth-order valence-corrected chi connectivity index (χ4v) is 3.84. The summed E-state index contributed by atoms with van der Waals surface area (Å²) in [7, 11) is 2.09. The number of hydrogen-bond donors (Lipinski definition) is 0. The summed E-state index contributed by atoms with van der Waals surface area (Å²) in [6, 6.07) is 12.0. The summed E-state index contributed by atoms with van der Waals surface area (Å²) in [5.41, 5.74) is 4.93. The molecule has 8 nitrogen and oxygen atoms in total. The van der Waals surface area contributed by atoms with Crippen LogP contribution in [0.15, 0.2) is 36.4 Å². The molecule has 0 amide bonds. The zero-order chi connectivity index (χ0) is 20.9. The molecule has 4 rings (SSSR count). The van der Waals surface area contributed by atoms with Gasteiger partial charge >= 0.3 is 0 Å². The van der Waals surface area contributed by atoms with Crippen molar-refractivity contribution in [3.63, 3.8) is 0 Å². The van der Waals surface area contributed by atoms with Gasteiger partial charge < -0.3 is 19.3 Å². The van der Waals surface area contributed by atoms with Crippen LogP contribution >= 0.6 is 0 Å². The van der Waals surface area contributed by atoms with Crippen LogP contribution in [0.2, 0.25) is 0 Å². The van der Waals surface area contributed by atoms with Gasteiger partial charge in [-0.25, -0.2) is 0 Å². The van der Waals surface area contributed by atoms with Gasteiger partial charge in [-0.05, 0) is 36.4 Å². The van der Waals surface area contributed by atoms with Crippen molar-refractivity contribution in [1.29, 1.82) is 0 Å². The minimum Gasteiger partial charge on any atom is -0.369 e. The molecule has 30 heavy (non-hydrogen) atoms. The zero-order valence-corrected chi connectivity index (χ0v) is 17.6. The van der Waals surface area contributed by atoms with Gasteiger partial charge in [0.15, 0.2) is 5.65 Å². The molecule has 0 spiro atoms. The van der Waals surface area contributed by atoms with E-state index < -0.39 is 0 Å². The van der Waals surface area contributed by atoms with Crippen molar-refractivity contribution in [3.05, 3.63) is 47.7 Å². The summed E-state index contributed by atoms with van der Waals surface area (Å²) >= 11 is 0. The van der Waals surface area contributed by atoms with E-state index >= 15 is 0 Å². The average molecular weight is 406 g/mol. The molecule has 0 radical (unpaired) electrons. The lowest BCUT2D eigenvalue weighted by Crippen LogP contribution is -2.43. The highest BCUT2D eigenvalue weighted by atomic mass is 16.5. The number of ether oxygens (including phenoxy) is 2. The number of nitrogens with zero attached hydrogens (tertiary/aromatic N) is 6. The summed E-state index contributed by atoms with van der Waals surface area (Å²) in [6.07, 6.45) is 0.936. The second-order valence-corrected chi connectivity index (χ2v) is 7.10. The molecule has 1 unspecified atom stereocenters. The van der Waals surface area contributed by atoms with Crippen molar-refractivity contribution in [2.45, 2.75) is 26.4 Å². The van der Waals surface area contributed by atoms with Crippen LogP contribution in [0.5, 0.6) is 0 Å². The van der Waals surface area contributed by atoms with Crippen LogP contribution in [-0.2, 0) is 9.47 Å². The molecule has 0 N–H and O–H groups in total. The maximum atomic E-state index is 5.80. The smallest absolute Gasteiger partial charge is 0.181 e. The molecule has 1 aliphatic rings. The van der Waals surface area contributed by atoms with E-state index in [1.165, 1.54) is 0 Å². The molecule has 0 fully saturated rings. The summed E-state index contributed by atoms with van der Waals surface area (Å²) in [5.74, 6) is 6.19. The monoisotopic (exact) mass is 406 g/mol. The number of rotatable bonds is 7. The van der Waals surface area contributed by atoms with Gasteiger partial charge in [0.2, 0.25) is 0 Å². The van der Waals surface area contributed by atoms with E-state index in [-0.39, 0.29) is 6.17 Å². The molecule has 0 aliphatic carbocycles. The third kappa shape index (κ3) is 3.95. The van der Waals surface area contributed by atoms with E-state index in [1.807, 2.05) is 50.2 Å². The van der Waals surface area contributed by atoms with Gasteiger partial charge in [-0.3, -0.25) is 0 Å². The van der Waals surface area contributed by atoms with Gasteiger partial charge in [-0.1, -0.05) is 30.0 Å². The van der Waals surface area contributed by atoms with Crippen molar-refractivity contribution >= 4 is 17.0 Å². The van der Waals surface area contributed by atoms with Gasteiger partial charge in [0, 0.05) is 31.7 Å². The Morgan fingerprint density at radius 2 is 2.00 bits per heavy atom. The SMILES string of the molecule is CCOCN1c2cc3nnnn3c(C)c2N(C)C1CCOCC#Cc1ccccc1. The molecule has 3 heterocycles. The third-order valence-electron chi connectivity index (χ3n) is 5.27. The van der Waals surface area contributed by atoms with Crippen LogP contribution in [0.4, 0.5) is 11.4 Å². The first kappa shape index (κ1) is 20.1. The first-order valence-corrected chi connectivity index (χ1v) is 10.1. The van der Waals surface area contributed by atoms with Gasteiger partial charge in [-0.2, -0.15) is 4.52 Å². The van der Waals surface area contributed by atoms with Crippen LogP contribution in [-0.4, -0.2) is 59.8 Å². The second-order valence-electron chi connectivity index (χ2n) is 7.10. The standard InChI is InChI=1S/C22H26N6O2/c1-4-29-16-27-19-15-20-23-24-25-28(20)17(2)22(19)26(3)21(27)12-14-30-13-8-11-18-9-6-5-7-10-18/h5-7,9-10,15,21H,4,12-14,16H2,1-3H3. The molecule has 1 aromatic carbocycles. The topological polar surface area (TPSA) is 68.0 Å². The molecule has 8 heteroatoms. The van der Waals surface area contributed by atoms with Crippen LogP contribution in [0.1, 0.15) is 24.6 Å². The highest BCUT2D eigenvalue weighted by Gasteiger charge is 2.36. The lowest BCUT2D eigenvalue weighted by Gasteiger charge is -2.30. The van der Waals surface area contributed by atoms with E-state index in [2.05, 4.69) is 44.2 Å². The molecule has 2 aromatic heterocycles. The molecule has 1 aliphatic heterocycles. The van der Waals surface area contributed by atoms with Gasteiger partial charge in [-0.15, -0.1) is 5.10 Å². The first-order valence-electron chi connectivity index (χ1n) is 10.1. The average Bonchev–Trinajstić information content (AvgIpc) is 3.33. The lowest BCUT2D eigenvalue weighted by molar-refractivity contribution is 0.129. The molecular weight excluding hydrogens is 380 g/mol. The van der Waals surface area contributed by atoms with Crippen LogP contribution in [0.3, 0.4) is 0 Å². The molecule has 3 aromatic rings. The second kappa shape index (κ2) is 9.11. The predicted octanol–water partition coefficient (Wildman–Crippen LogP) is 2.47. The third-order valence-corrected chi connectivity index (χ3v) is 5.27. The van der Waals surface area contributed by atoms with Gasteiger partial charge in [0.05, 0.1) is 23.7 Å². The Hall–Kier alpha value is -3.15. The van der Waals surface area contributed by atoms with Gasteiger partial charge in [0.1, 0.15) is 19.5 Å². The van der Waals surface area contributed by atoms with Crippen LogP contribution in [0, 0.1) is 18.8 Å². The summed E-state index contributed by atoms with van der Waals surface area (Å²) in [5, 5.41) is 12.0. The minimum absolute atomic E-state index is 0.118. The number of hydrogen-bond acceptors (Lipinski definition) is 7. The quantitative estimate of drug-likeness (QED) is 0.441. The zero-order valence-electron chi connectivity index (χ0n) is 17.6. The Morgan fingerprint density at radius 3 is 2.80 bits per heavy atom. The highest BCUT2D eigenvalue weighted by Crippen LogP contribution is 2.42. The molecular formula is C22H26N6O2. The van der Waals surface area contributed by atoms with E-state index in [9.17, 15) is 0 Å². The number of tetrazole rings is 1. The summed E-state index contributed by atoms with van der Waals surface area (Å²) < 4.78 is 13.3. The Bertz CT molecular complexity index is 1060. The van der Waals surface area contributed by atoms with Crippen molar-refractivity contribution in [2.24, 2.45) is 0 Å². The molecule has 1 atom stereocenters. The lowest BCUT2D eigenvalue weighted by atomic mass is 10.2. The normalized spacial score (nSPS) is 15.4. The fraction of sp³-hybridized carbons (Fsp3) is 0.409. The van der Waals surface area contributed by atoms with Crippen LogP contribution < -0.4 is 9.80 Å². The van der Waals surface area contributed by atoms with Crippen LogP contribution in [0.25, 0.3) is 5.65 Å². The molecule has 0 saturated carbocycles. The van der Waals surface area contributed by atoms with Crippen molar-refractivity contribution < 1.29 is 9.47 Å². The Labute approximate surface area is 176 Å². The van der Waals surface area contributed by atoms with Crippen molar-refractivity contribution in [1.82, 2.24) is 20.0 Å². The summed E-state index contributed by atoms with van der Waals surface area (Å²) in [6.45, 7) is 6.21. The van der Waals surface area contributed by atoms with Crippen molar-refractivity contribution in [2.75, 3.05) is 43.4 Å². The van der Waals surface area contributed by atoms with E-state index in [1.54, 1.807) is 4.52 Å². The number of aromatic nitrogens is 4. The van der Waals surface area contributed by atoms with Crippen molar-refractivity contribution in [3.8, 4) is 11.8 Å². The molecule has 0 bridgehead atoms. The number of anilines is 2. The summed E-state index contributed by atoms with van der Waals surface area (Å²) in [4.78, 5) is 4.50. The number of fused-ring (bicyclic) bond motifs is 2. The largest absolute Gasteiger partial charge is 0.369 e. The maximum Gasteiger partial charge on any atom is 0.181 e. The Balaban J connectivity index is 1.44. The van der Waals surface area contributed by atoms with E-state index in [0.29, 0.717) is 26.6 Å². The first-order chi connectivity index (χ1) is 14.7. The predicted molar refractivity (Wildman–Crippen MR) is 115 cm³/mol. The van der Waals surface area contributed by atoms with E-state index in [0.717, 1.165) is 34.7 Å². The number of pyridine rings is 1. The van der Waals surface area contributed by atoms with Gasteiger partial charge in [0.25, 0.3) is 0 Å². The fourth-order valence-electron chi connectivity index (χ4n) is 3.84. The Kier molecular flexibility index (Phi) is 6.12. The highest BCUT2D eigenvalue weighted by molar-refractivity contribution is 5.82. The van der Waals surface area contributed by atoms with E-state index in [4.69, 9.17) is 9.47 Å². The molecule has 156 valence electrons. The molecule has 0 saturated heterocycles. The maximum absolute atomic E-state index is 5.80. The minimum atomic E-state index is 0.118. The number of benzene rings is 1. The Morgan fingerprint density at radius 1 is 1.17 bits per heavy atom.